The predicted molar refractivity (Wildman–Crippen MR) is 82.7 cm³/mol. The number of carbonyl (C=O) groups excluding carboxylic acids is 1. The molecule has 110 valence electrons. The van der Waals surface area contributed by atoms with Crippen molar-refractivity contribution in [2.24, 2.45) is 0 Å². The SMILES string of the molecule is CN1CCCC1CCNC(=O)CCCc1ccccc1. The summed E-state index contributed by atoms with van der Waals surface area (Å²) < 4.78 is 0. The molecule has 1 aliphatic rings. The van der Waals surface area contributed by atoms with Gasteiger partial charge in [0.15, 0.2) is 0 Å². The fraction of sp³-hybridized carbons (Fsp3) is 0.588. The topological polar surface area (TPSA) is 32.3 Å². The maximum absolute atomic E-state index is 11.8. The smallest absolute Gasteiger partial charge is 0.220 e. The Labute approximate surface area is 122 Å². The van der Waals surface area contributed by atoms with Gasteiger partial charge < -0.3 is 10.2 Å². The summed E-state index contributed by atoms with van der Waals surface area (Å²) in [6.45, 7) is 2.02. The molecule has 1 N–H and O–H groups in total. The van der Waals surface area contributed by atoms with Crippen LogP contribution in [-0.2, 0) is 11.2 Å². The molecule has 1 atom stereocenters. The highest BCUT2D eigenvalue weighted by atomic mass is 16.1. The van der Waals surface area contributed by atoms with Gasteiger partial charge in [0.2, 0.25) is 5.91 Å². The quantitative estimate of drug-likeness (QED) is 0.829. The molecule has 1 aromatic rings. The first-order chi connectivity index (χ1) is 9.75. The Bertz CT molecular complexity index is 405. The van der Waals surface area contributed by atoms with Gasteiger partial charge in [-0.1, -0.05) is 30.3 Å². The number of carbonyl (C=O) groups is 1. The standard InChI is InChI=1S/C17H26N2O/c1-19-14-6-10-16(19)12-13-18-17(20)11-5-9-15-7-3-2-4-8-15/h2-4,7-8,16H,5-6,9-14H2,1H3,(H,18,20). The zero-order valence-corrected chi connectivity index (χ0v) is 12.5. The zero-order valence-electron chi connectivity index (χ0n) is 12.5. The second-order valence-corrected chi connectivity index (χ2v) is 5.75. The van der Waals surface area contributed by atoms with Gasteiger partial charge in [0, 0.05) is 19.0 Å². The van der Waals surface area contributed by atoms with Gasteiger partial charge in [-0.15, -0.1) is 0 Å². The molecular formula is C17H26N2O. The van der Waals surface area contributed by atoms with Crippen LogP contribution < -0.4 is 5.32 Å². The Kier molecular flexibility index (Phi) is 6.06. The maximum Gasteiger partial charge on any atom is 0.220 e. The van der Waals surface area contributed by atoms with Crippen molar-refractivity contribution in [2.75, 3.05) is 20.1 Å². The molecule has 20 heavy (non-hydrogen) atoms. The summed E-state index contributed by atoms with van der Waals surface area (Å²) in [5.41, 5.74) is 1.31. The Morgan fingerprint density at radius 3 is 2.85 bits per heavy atom. The third kappa shape index (κ3) is 4.97. The van der Waals surface area contributed by atoms with Crippen molar-refractivity contribution in [3.63, 3.8) is 0 Å². The molecule has 0 aromatic heterocycles. The van der Waals surface area contributed by atoms with Crippen LogP contribution in [0.1, 0.15) is 37.7 Å². The summed E-state index contributed by atoms with van der Waals surface area (Å²) in [4.78, 5) is 14.2. The van der Waals surface area contributed by atoms with Crippen molar-refractivity contribution in [3.8, 4) is 0 Å². The summed E-state index contributed by atoms with van der Waals surface area (Å²) in [6.07, 6.45) is 6.21. The van der Waals surface area contributed by atoms with Crippen LogP contribution in [-0.4, -0.2) is 37.0 Å². The summed E-state index contributed by atoms with van der Waals surface area (Å²) in [5, 5.41) is 3.05. The highest BCUT2D eigenvalue weighted by Gasteiger charge is 2.20. The van der Waals surface area contributed by atoms with Crippen LogP contribution in [0, 0.1) is 0 Å². The van der Waals surface area contributed by atoms with E-state index >= 15 is 0 Å². The first-order valence-electron chi connectivity index (χ1n) is 7.76. The molecule has 1 amide bonds. The van der Waals surface area contributed by atoms with E-state index in [1.807, 2.05) is 18.2 Å². The van der Waals surface area contributed by atoms with E-state index in [0.29, 0.717) is 12.5 Å². The number of rotatable bonds is 7. The molecule has 0 radical (unpaired) electrons. The lowest BCUT2D eigenvalue weighted by atomic mass is 10.1. The van der Waals surface area contributed by atoms with Gasteiger partial charge in [0.1, 0.15) is 0 Å². The summed E-state index contributed by atoms with van der Waals surface area (Å²) >= 11 is 0. The molecule has 1 aliphatic heterocycles. The van der Waals surface area contributed by atoms with Crippen LogP contribution in [0.3, 0.4) is 0 Å². The monoisotopic (exact) mass is 274 g/mol. The van der Waals surface area contributed by atoms with Crippen molar-refractivity contribution in [3.05, 3.63) is 35.9 Å². The number of benzene rings is 1. The second kappa shape index (κ2) is 8.05. The Balaban J connectivity index is 1.54. The van der Waals surface area contributed by atoms with Gasteiger partial charge in [0.05, 0.1) is 0 Å². The van der Waals surface area contributed by atoms with E-state index in [1.54, 1.807) is 0 Å². The summed E-state index contributed by atoms with van der Waals surface area (Å²) in [6, 6.07) is 11.0. The third-order valence-corrected chi connectivity index (χ3v) is 4.18. The van der Waals surface area contributed by atoms with E-state index in [-0.39, 0.29) is 5.91 Å². The third-order valence-electron chi connectivity index (χ3n) is 4.18. The van der Waals surface area contributed by atoms with Gasteiger partial charge in [-0.05, 0) is 51.3 Å². The molecule has 1 heterocycles. The van der Waals surface area contributed by atoms with Crippen LogP contribution in [0.25, 0.3) is 0 Å². The molecule has 0 bridgehead atoms. The van der Waals surface area contributed by atoms with Crippen molar-refractivity contribution < 1.29 is 4.79 Å². The fourth-order valence-electron chi connectivity index (χ4n) is 2.91. The van der Waals surface area contributed by atoms with E-state index in [2.05, 4.69) is 29.4 Å². The average Bonchev–Trinajstić information content (AvgIpc) is 2.86. The molecule has 1 unspecified atom stereocenters. The van der Waals surface area contributed by atoms with E-state index in [0.717, 1.165) is 25.8 Å². The lowest BCUT2D eigenvalue weighted by Crippen LogP contribution is -2.31. The Morgan fingerprint density at radius 1 is 1.35 bits per heavy atom. The van der Waals surface area contributed by atoms with Crippen molar-refractivity contribution in [2.45, 2.75) is 44.6 Å². The molecule has 1 fully saturated rings. The van der Waals surface area contributed by atoms with Crippen LogP contribution in [0.4, 0.5) is 0 Å². The summed E-state index contributed by atoms with van der Waals surface area (Å²) in [7, 11) is 2.18. The molecule has 1 saturated heterocycles. The minimum Gasteiger partial charge on any atom is -0.356 e. The van der Waals surface area contributed by atoms with Crippen LogP contribution in [0.2, 0.25) is 0 Å². The minimum absolute atomic E-state index is 0.196. The number of hydrogen-bond acceptors (Lipinski definition) is 2. The van der Waals surface area contributed by atoms with Crippen LogP contribution in [0.5, 0.6) is 0 Å². The van der Waals surface area contributed by atoms with Gasteiger partial charge >= 0.3 is 0 Å². The lowest BCUT2D eigenvalue weighted by Gasteiger charge is -2.19. The highest BCUT2D eigenvalue weighted by Crippen LogP contribution is 2.16. The van der Waals surface area contributed by atoms with Gasteiger partial charge in [-0.3, -0.25) is 4.79 Å². The maximum atomic E-state index is 11.8. The van der Waals surface area contributed by atoms with E-state index in [9.17, 15) is 4.79 Å². The van der Waals surface area contributed by atoms with Crippen molar-refractivity contribution in [1.29, 1.82) is 0 Å². The minimum atomic E-state index is 0.196. The Morgan fingerprint density at radius 2 is 2.15 bits per heavy atom. The first kappa shape index (κ1) is 15.0. The number of hydrogen-bond donors (Lipinski definition) is 1. The molecule has 1 aromatic carbocycles. The fourth-order valence-corrected chi connectivity index (χ4v) is 2.91. The van der Waals surface area contributed by atoms with Crippen molar-refractivity contribution in [1.82, 2.24) is 10.2 Å². The predicted octanol–water partition coefficient (Wildman–Crippen LogP) is 2.61. The molecular weight excluding hydrogens is 248 g/mol. The highest BCUT2D eigenvalue weighted by molar-refractivity contribution is 5.75. The lowest BCUT2D eigenvalue weighted by molar-refractivity contribution is -0.121. The van der Waals surface area contributed by atoms with Gasteiger partial charge in [-0.25, -0.2) is 0 Å². The number of amides is 1. The van der Waals surface area contributed by atoms with Crippen LogP contribution in [0.15, 0.2) is 30.3 Å². The molecule has 3 nitrogen and oxygen atoms in total. The van der Waals surface area contributed by atoms with E-state index in [1.165, 1.54) is 24.9 Å². The molecule has 3 heteroatoms. The average molecular weight is 274 g/mol. The second-order valence-electron chi connectivity index (χ2n) is 5.75. The normalized spacial score (nSPS) is 19.1. The van der Waals surface area contributed by atoms with Crippen LogP contribution >= 0.6 is 0 Å². The zero-order chi connectivity index (χ0) is 14.2. The molecule has 2 rings (SSSR count). The first-order valence-corrected chi connectivity index (χ1v) is 7.76. The van der Waals surface area contributed by atoms with E-state index in [4.69, 9.17) is 0 Å². The largest absolute Gasteiger partial charge is 0.356 e. The number of aryl methyl sites for hydroxylation is 1. The van der Waals surface area contributed by atoms with E-state index < -0.39 is 0 Å². The molecule has 0 saturated carbocycles. The number of nitrogens with zero attached hydrogens (tertiary/aromatic N) is 1. The van der Waals surface area contributed by atoms with Gasteiger partial charge in [-0.2, -0.15) is 0 Å². The Hall–Kier alpha value is -1.35. The molecule has 0 spiro atoms. The molecule has 0 aliphatic carbocycles. The van der Waals surface area contributed by atoms with Crippen molar-refractivity contribution >= 4 is 5.91 Å². The van der Waals surface area contributed by atoms with Gasteiger partial charge in [0.25, 0.3) is 0 Å². The summed E-state index contributed by atoms with van der Waals surface area (Å²) in [5.74, 6) is 0.196. The number of likely N-dealkylation sites (tertiary alicyclic amines) is 1. The number of nitrogens with one attached hydrogen (secondary N) is 1.